The Morgan fingerprint density at radius 1 is 1.69 bits per heavy atom. The van der Waals surface area contributed by atoms with Crippen molar-refractivity contribution in [2.24, 2.45) is 5.73 Å². The molecule has 1 heterocycles. The summed E-state index contributed by atoms with van der Waals surface area (Å²) >= 11 is 0. The standard InChI is InChI=1S/C10H16N2O3S/c1-3-5-12(10(13)8(2)11)9-4-6-16(14,15)7-9/h1,8-9H,4-7,11H2,2H3. The molecule has 0 radical (unpaired) electrons. The Hall–Kier alpha value is -1.06. The van der Waals surface area contributed by atoms with E-state index in [0.29, 0.717) is 6.42 Å². The van der Waals surface area contributed by atoms with Crippen LogP contribution in [-0.2, 0) is 14.6 Å². The van der Waals surface area contributed by atoms with Crippen LogP contribution in [-0.4, -0.2) is 49.4 Å². The predicted molar refractivity (Wildman–Crippen MR) is 61.3 cm³/mol. The Labute approximate surface area is 95.9 Å². The second-order valence-corrected chi connectivity index (χ2v) is 6.24. The molecule has 6 heteroatoms. The lowest BCUT2D eigenvalue weighted by Gasteiger charge is -2.27. The molecule has 0 aromatic heterocycles. The number of carbonyl (C=O) groups is 1. The van der Waals surface area contributed by atoms with Crippen LogP contribution in [0, 0.1) is 12.3 Å². The van der Waals surface area contributed by atoms with Crippen molar-refractivity contribution in [3.8, 4) is 12.3 Å². The normalized spacial score (nSPS) is 24.7. The van der Waals surface area contributed by atoms with E-state index in [1.807, 2.05) is 0 Å². The first-order valence-corrected chi connectivity index (χ1v) is 6.89. The number of rotatable bonds is 3. The first kappa shape index (κ1) is 13.0. The Morgan fingerprint density at radius 2 is 2.31 bits per heavy atom. The fourth-order valence-electron chi connectivity index (χ4n) is 1.77. The van der Waals surface area contributed by atoms with E-state index >= 15 is 0 Å². The molecule has 1 aliphatic heterocycles. The van der Waals surface area contributed by atoms with Crippen molar-refractivity contribution < 1.29 is 13.2 Å². The maximum atomic E-state index is 11.7. The summed E-state index contributed by atoms with van der Waals surface area (Å²) in [6.07, 6.45) is 5.62. The van der Waals surface area contributed by atoms with Gasteiger partial charge in [0.1, 0.15) is 0 Å². The van der Waals surface area contributed by atoms with E-state index in [2.05, 4.69) is 5.92 Å². The number of nitrogens with zero attached hydrogens (tertiary/aromatic N) is 1. The topological polar surface area (TPSA) is 80.5 Å². The second-order valence-electron chi connectivity index (χ2n) is 4.02. The molecule has 1 rings (SSSR count). The molecule has 0 bridgehead atoms. The number of terminal acetylenes is 1. The zero-order valence-electron chi connectivity index (χ0n) is 9.22. The molecule has 5 nitrogen and oxygen atoms in total. The third-order valence-electron chi connectivity index (χ3n) is 2.58. The van der Waals surface area contributed by atoms with Crippen molar-refractivity contribution in [1.29, 1.82) is 0 Å². The number of carbonyl (C=O) groups excluding carboxylic acids is 1. The lowest BCUT2D eigenvalue weighted by Crippen LogP contribution is -2.48. The monoisotopic (exact) mass is 244 g/mol. The molecule has 0 saturated carbocycles. The molecule has 0 aliphatic carbocycles. The average molecular weight is 244 g/mol. The summed E-state index contributed by atoms with van der Waals surface area (Å²) in [5, 5.41) is 0. The Balaban J connectivity index is 2.80. The number of hydrogen-bond donors (Lipinski definition) is 1. The van der Waals surface area contributed by atoms with Crippen LogP contribution in [0.2, 0.25) is 0 Å². The van der Waals surface area contributed by atoms with Crippen LogP contribution in [0.1, 0.15) is 13.3 Å². The van der Waals surface area contributed by atoms with Gasteiger partial charge in [-0.2, -0.15) is 0 Å². The molecule has 1 aliphatic rings. The Kier molecular flexibility index (Phi) is 3.94. The van der Waals surface area contributed by atoms with E-state index in [1.165, 1.54) is 4.90 Å². The van der Waals surface area contributed by atoms with Gasteiger partial charge in [-0.3, -0.25) is 4.79 Å². The van der Waals surface area contributed by atoms with Crippen LogP contribution in [0.5, 0.6) is 0 Å². The summed E-state index contributed by atoms with van der Waals surface area (Å²) in [6, 6.07) is -0.976. The summed E-state index contributed by atoms with van der Waals surface area (Å²) in [6.45, 7) is 1.68. The molecule has 90 valence electrons. The molecule has 16 heavy (non-hydrogen) atoms. The molecule has 0 aromatic carbocycles. The van der Waals surface area contributed by atoms with Crippen molar-refractivity contribution in [3.05, 3.63) is 0 Å². The number of hydrogen-bond acceptors (Lipinski definition) is 4. The molecule has 0 aromatic rings. The Bertz CT molecular complexity index is 408. The van der Waals surface area contributed by atoms with E-state index in [1.54, 1.807) is 6.92 Å². The van der Waals surface area contributed by atoms with Crippen molar-refractivity contribution in [3.63, 3.8) is 0 Å². The van der Waals surface area contributed by atoms with Crippen LogP contribution in [0.3, 0.4) is 0 Å². The lowest BCUT2D eigenvalue weighted by atomic mass is 10.2. The van der Waals surface area contributed by atoms with Crippen molar-refractivity contribution in [1.82, 2.24) is 4.90 Å². The van der Waals surface area contributed by atoms with Gasteiger partial charge in [-0.05, 0) is 13.3 Å². The number of nitrogens with two attached hydrogens (primary N) is 1. The first-order chi connectivity index (χ1) is 7.37. The molecular weight excluding hydrogens is 228 g/mol. The summed E-state index contributed by atoms with van der Waals surface area (Å²) in [7, 11) is -3.02. The molecule has 2 unspecified atom stereocenters. The van der Waals surface area contributed by atoms with Crippen molar-refractivity contribution >= 4 is 15.7 Å². The highest BCUT2D eigenvalue weighted by atomic mass is 32.2. The fourth-order valence-corrected chi connectivity index (χ4v) is 3.50. The molecule has 0 spiro atoms. The molecule has 2 N–H and O–H groups in total. The molecule has 2 atom stereocenters. The van der Waals surface area contributed by atoms with Gasteiger partial charge in [0.05, 0.1) is 24.1 Å². The predicted octanol–water partition coefficient (Wildman–Crippen LogP) is -1.02. The van der Waals surface area contributed by atoms with E-state index in [9.17, 15) is 13.2 Å². The molecule has 1 fully saturated rings. The highest BCUT2D eigenvalue weighted by molar-refractivity contribution is 7.91. The minimum Gasteiger partial charge on any atom is -0.326 e. The number of sulfone groups is 1. The van der Waals surface area contributed by atoms with Gasteiger partial charge in [0.15, 0.2) is 9.84 Å². The summed E-state index contributed by atoms with van der Waals surface area (Å²) < 4.78 is 22.6. The van der Waals surface area contributed by atoms with Crippen LogP contribution in [0.4, 0.5) is 0 Å². The minimum atomic E-state index is -3.02. The first-order valence-electron chi connectivity index (χ1n) is 5.07. The van der Waals surface area contributed by atoms with Crippen molar-refractivity contribution in [2.45, 2.75) is 25.4 Å². The second kappa shape index (κ2) is 4.85. The average Bonchev–Trinajstić information content (AvgIpc) is 2.54. The maximum Gasteiger partial charge on any atom is 0.240 e. The third-order valence-corrected chi connectivity index (χ3v) is 4.33. The van der Waals surface area contributed by atoms with Crippen LogP contribution < -0.4 is 5.73 Å². The fraction of sp³-hybridized carbons (Fsp3) is 0.700. The quantitative estimate of drug-likeness (QED) is 0.645. The summed E-state index contributed by atoms with van der Waals surface area (Å²) in [4.78, 5) is 13.1. The zero-order chi connectivity index (χ0) is 12.3. The zero-order valence-corrected chi connectivity index (χ0v) is 10.0. The van der Waals surface area contributed by atoms with Gasteiger partial charge in [-0.1, -0.05) is 5.92 Å². The lowest BCUT2D eigenvalue weighted by molar-refractivity contribution is -0.133. The van der Waals surface area contributed by atoms with E-state index in [4.69, 9.17) is 12.2 Å². The van der Waals surface area contributed by atoms with E-state index in [-0.39, 0.29) is 30.0 Å². The van der Waals surface area contributed by atoms with Crippen molar-refractivity contribution in [2.75, 3.05) is 18.1 Å². The van der Waals surface area contributed by atoms with Crippen LogP contribution in [0.15, 0.2) is 0 Å². The largest absolute Gasteiger partial charge is 0.326 e. The highest BCUT2D eigenvalue weighted by Gasteiger charge is 2.34. The van der Waals surface area contributed by atoms with Gasteiger partial charge in [-0.25, -0.2) is 8.42 Å². The van der Waals surface area contributed by atoms with Gasteiger partial charge in [0, 0.05) is 6.04 Å². The van der Waals surface area contributed by atoms with Gasteiger partial charge >= 0.3 is 0 Å². The van der Waals surface area contributed by atoms with Gasteiger partial charge in [-0.15, -0.1) is 6.42 Å². The summed E-state index contributed by atoms with van der Waals surface area (Å²) in [5.41, 5.74) is 5.49. The maximum absolute atomic E-state index is 11.7. The van der Waals surface area contributed by atoms with Crippen LogP contribution in [0.25, 0.3) is 0 Å². The minimum absolute atomic E-state index is 0.00681. The number of amides is 1. The van der Waals surface area contributed by atoms with E-state index in [0.717, 1.165) is 0 Å². The van der Waals surface area contributed by atoms with Gasteiger partial charge < -0.3 is 10.6 Å². The molecule has 1 amide bonds. The Morgan fingerprint density at radius 3 is 2.69 bits per heavy atom. The smallest absolute Gasteiger partial charge is 0.240 e. The van der Waals surface area contributed by atoms with Crippen LogP contribution >= 0.6 is 0 Å². The third kappa shape index (κ3) is 2.97. The summed E-state index contributed by atoms with van der Waals surface area (Å²) in [5.74, 6) is 2.18. The highest BCUT2D eigenvalue weighted by Crippen LogP contribution is 2.18. The van der Waals surface area contributed by atoms with E-state index < -0.39 is 15.9 Å². The van der Waals surface area contributed by atoms with Gasteiger partial charge in [0.25, 0.3) is 0 Å². The molecule has 1 saturated heterocycles. The molecular formula is C10H16N2O3S. The SMILES string of the molecule is C#CCN(C(=O)C(C)N)C1CCS(=O)(=O)C1. The van der Waals surface area contributed by atoms with Gasteiger partial charge in [0.2, 0.25) is 5.91 Å².